The van der Waals surface area contributed by atoms with Crippen LogP contribution in [0.1, 0.15) is 44.7 Å². The number of aryl methyl sites for hydroxylation is 1. The van der Waals surface area contributed by atoms with Crippen molar-refractivity contribution in [3.8, 4) is 0 Å². The summed E-state index contributed by atoms with van der Waals surface area (Å²) >= 11 is 0. The second-order valence-electron chi connectivity index (χ2n) is 6.46. The largest absolute Gasteiger partial charge is 0.311 e. The van der Waals surface area contributed by atoms with Gasteiger partial charge in [-0.25, -0.2) is 4.39 Å². The third-order valence-electron chi connectivity index (χ3n) is 5.04. The average molecular weight is 292 g/mol. The summed E-state index contributed by atoms with van der Waals surface area (Å²) in [4.78, 5) is 2.58. The summed E-state index contributed by atoms with van der Waals surface area (Å²) in [5.41, 5.74) is 2.31. The number of nitrogens with one attached hydrogen (secondary N) is 1. The molecule has 1 saturated heterocycles. The van der Waals surface area contributed by atoms with E-state index in [4.69, 9.17) is 0 Å². The van der Waals surface area contributed by atoms with Crippen molar-refractivity contribution in [1.29, 1.82) is 0 Å². The fourth-order valence-corrected chi connectivity index (χ4v) is 3.20. The third kappa shape index (κ3) is 4.04. The third-order valence-corrected chi connectivity index (χ3v) is 5.04. The van der Waals surface area contributed by atoms with Crippen LogP contribution in [0.4, 0.5) is 4.39 Å². The van der Waals surface area contributed by atoms with E-state index in [1.807, 2.05) is 13.0 Å². The van der Waals surface area contributed by atoms with Crippen molar-refractivity contribution in [2.45, 2.75) is 59.2 Å². The molecule has 0 aromatic heterocycles. The first kappa shape index (κ1) is 16.4. The lowest BCUT2D eigenvalue weighted by Gasteiger charge is -2.42. The van der Waals surface area contributed by atoms with Crippen molar-refractivity contribution >= 4 is 0 Å². The molecule has 0 amide bonds. The van der Waals surface area contributed by atoms with Crippen molar-refractivity contribution in [2.75, 3.05) is 13.1 Å². The van der Waals surface area contributed by atoms with Crippen LogP contribution in [-0.2, 0) is 6.54 Å². The summed E-state index contributed by atoms with van der Waals surface area (Å²) in [7, 11) is 0. The summed E-state index contributed by atoms with van der Waals surface area (Å²) in [5, 5.41) is 3.71. The van der Waals surface area contributed by atoms with Gasteiger partial charge in [0, 0.05) is 31.7 Å². The molecule has 118 valence electrons. The quantitative estimate of drug-likeness (QED) is 0.889. The lowest BCUT2D eigenvalue weighted by Crippen LogP contribution is -2.57. The van der Waals surface area contributed by atoms with Crippen LogP contribution in [0.5, 0.6) is 0 Å². The van der Waals surface area contributed by atoms with E-state index in [-0.39, 0.29) is 5.82 Å². The summed E-state index contributed by atoms with van der Waals surface area (Å²) in [6.45, 7) is 11.9. The number of hydrogen-bond acceptors (Lipinski definition) is 2. The van der Waals surface area contributed by atoms with E-state index in [1.54, 1.807) is 12.1 Å². The molecule has 3 heteroatoms. The minimum absolute atomic E-state index is 0.138. The minimum Gasteiger partial charge on any atom is -0.311 e. The second-order valence-corrected chi connectivity index (χ2v) is 6.46. The minimum atomic E-state index is -0.138. The number of rotatable bonds is 5. The van der Waals surface area contributed by atoms with E-state index in [1.165, 1.54) is 12.0 Å². The normalized spacial score (nSPS) is 25.0. The van der Waals surface area contributed by atoms with Crippen molar-refractivity contribution in [3.05, 3.63) is 35.1 Å². The SMILES string of the molecule is CCC(C)C1CN(Cc2ccc(F)cc2C)C(CC)CN1. The monoisotopic (exact) mass is 292 g/mol. The molecule has 21 heavy (non-hydrogen) atoms. The zero-order chi connectivity index (χ0) is 15.4. The van der Waals surface area contributed by atoms with Crippen LogP contribution in [0.15, 0.2) is 18.2 Å². The molecule has 0 saturated carbocycles. The van der Waals surface area contributed by atoms with Crippen LogP contribution in [0.25, 0.3) is 0 Å². The molecule has 3 unspecified atom stereocenters. The molecule has 2 rings (SSSR count). The van der Waals surface area contributed by atoms with E-state index in [9.17, 15) is 4.39 Å². The van der Waals surface area contributed by atoms with Crippen LogP contribution >= 0.6 is 0 Å². The number of hydrogen-bond donors (Lipinski definition) is 1. The molecule has 1 aliphatic heterocycles. The van der Waals surface area contributed by atoms with Crippen LogP contribution in [0.3, 0.4) is 0 Å². The van der Waals surface area contributed by atoms with Crippen LogP contribution in [-0.4, -0.2) is 30.1 Å². The van der Waals surface area contributed by atoms with Gasteiger partial charge in [-0.15, -0.1) is 0 Å². The van der Waals surface area contributed by atoms with Gasteiger partial charge in [0.15, 0.2) is 0 Å². The van der Waals surface area contributed by atoms with Crippen LogP contribution < -0.4 is 5.32 Å². The highest BCUT2D eigenvalue weighted by Gasteiger charge is 2.29. The van der Waals surface area contributed by atoms with Gasteiger partial charge in [0.1, 0.15) is 5.82 Å². The number of nitrogens with zero attached hydrogens (tertiary/aromatic N) is 1. The lowest BCUT2D eigenvalue weighted by atomic mass is 9.94. The van der Waals surface area contributed by atoms with E-state index >= 15 is 0 Å². The standard InChI is InChI=1S/C18H29FN2/c1-5-13(3)18-12-21(17(6-2)10-20-18)11-15-7-8-16(19)9-14(15)4/h7-9,13,17-18,20H,5-6,10-12H2,1-4H3. The molecule has 2 nitrogen and oxygen atoms in total. The van der Waals surface area contributed by atoms with Gasteiger partial charge in [0.05, 0.1) is 0 Å². The summed E-state index contributed by atoms with van der Waals surface area (Å²) in [6, 6.07) is 6.31. The van der Waals surface area contributed by atoms with Gasteiger partial charge in [-0.3, -0.25) is 4.90 Å². The zero-order valence-electron chi connectivity index (χ0n) is 13.8. The zero-order valence-corrected chi connectivity index (χ0v) is 13.8. The summed E-state index contributed by atoms with van der Waals surface area (Å²) < 4.78 is 13.3. The molecule has 1 fully saturated rings. The first-order valence-corrected chi connectivity index (χ1v) is 8.27. The predicted molar refractivity (Wildman–Crippen MR) is 86.9 cm³/mol. The Kier molecular flexibility index (Phi) is 5.77. The van der Waals surface area contributed by atoms with Crippen molar-refractivity contribution in [2.24, 2.45) is 5.92 Å². The Morgan fingerprint density at radius 1 is 1.38 bits per heavy atom. The Morgan fingerprint density at radius 2 is 2.14 bits per heavy atom. The Hall–Kier alpha value is -0.930. The maximum Gasteiger partial charge on any atom is 0.123 e. The fourth-order valence-electron chi connectivity index (χ4n) is 3.20. The topological polar surface area (TPSA) is 15.3 Å². The van der Waals surface area contributed by atoms with Gasteiger partial charge < -0.3 is 5.32 Å². The highest BCUT2D eigenvalue weighted by molar-refractivity contribution is 5.26. The van der Waals surface area contributed by atoms with Crippen molar-refractivity contribution < 1.29 is 4.39 Å². The van der Waals surface area contributed by atoms with E-state index in [2.05, 4.69) is 31.0 Å². The van der Waals surface area contributed by atoms with E-state index in [0.717, 1.165) is 31.6 Å². The molecule has 0 aliphatic carbocycles. The fraction of sp³-hybridized carbons (Fsp3) is 0.667. The molecule has 1 aromatic rings. The molecule has 1 N–H and O–H groups in total. The highest BCUT2D eigenvalue weighted by atomic mass is 19.1. The van der Waals surface area contributed by atoms with Crippen molar-refractivity contribution in [3.63, 3.8) is 0 Å². The Labute approximate surface area is 128 Å². The average Bonchev–Trinajstić information content (AvgIpc) is 2.49. The molecule has 1 aromatic carbocycles. The molecule has 1 aliphatic rings. The predicted octanol–water partition coefficient (Wildman–Crippen LogP) is 3.73. The molecule has 1 heterocycles. The smallest absolute Gasteiger partial charge is 0.123 e. The highest BCUT2D eigenvalue weighted by Crippen LogP contribution is 2.21. The van der Waals surface area contributed by atoms with E-state index < -0.39 is 0 Å². The van der Waals surface area contributed by atoms with Crippen molar-refractivity contribution in [1.82, 2.24) is 10.2 Å². The van der Waals surface area contributed by atoms with Gasteiger partial charge in [-0.2, -0.15) is 0 Å². The lowest BCUT2D eigenvalue weighted by molar-refractivity contribution is 0.0991. The van der Waals surface area contributed by atoms with Gasteiger partial charge in [0.2, 0.25) is 0 Å². The Balaban J connectivity index is 2.10. The first-order valence-electron chi connectivity index (χ1n) is 8.27. The number of benzene rings is 1. The molecule has 0 bridgehead atoms. The molecule has 0 radical (unpaired) electrons. The Morgan fingerprint density at radius 3 is 2.76 bits per heavy atom. The number of piperazine rings is 1. The maximum absolute atomic E-state index is 13.3. The van der Waals surface area contributed by atoms with Gasteiger partial charge in [0.25, 0.3) is 0 Å². The molecule has 0 spiro atoms. The first-order chi connectivity index (χ1) is 10.0. The van der Waals surface area contributed by atoms with Gasteiger partial charge in [-0.1, -0.05) is 33.3 Å². The maximum atomic E-state index is 13.3. The number of halogens is 1. The molecule has 3 atom stereocenters. The summed E-state index contributed by atoms with van der Waals surface area (Å²) in [5.74, 6) is 0.556. The molecular formula is C18H29FN2. The second kappa shape index (κ2) is 7.37. The van der Waals surface area contributed by atoms with Crippen LogP contribution in [0.2, 0.25) is 0 Å². The van der Waals surface area contributed by atoms with Gasteiger partial charge in [-0.05, 0) is 42.5 Å². The van der Waals surface area contributed by atoms with Gasteiger partial charge >= 0.3 is 0 Å². The van der Waals surface area contributed by atoms with Crippen LogP contribution in [0, 0.1) is 18.7 Å². The molecular weight excluding hydrogens is 263 g/mol. The van der Waals surface area contributed by atoms with E-state index in [0.29, 0.717) is 18.0 Å². The summed E-state index contributed by atoms with van der Waals surface area (Å²) in [6.07, 6.45) is 2.36. The Bertz CT molecular complexity index is 461.